The highest BCUT2D eigenvalue weighted by atomic mass is 19.1. The molecule has 2 aromatic rings. The quantitative estimate of drug-likeness (QED) is 0.918. The fourth-order valence-corrected chi connectivity index (χ4v) is 2.98. The van der Waals surface area contributed by atoms with Crippen LogP contribution in [0.1, 0.15) is 21.5 Å². The van der Waals surface area contributed by atoms with Gasteiger partial charge in [-0.05, 0) is 23.3 Å². The molecule has 6 heteroatoms. The van der Waals surface area contributed by atoms with E-state index in [0.29, 0.717) is 12.5 Å². The number of halogens is 2. The van der Waals surface area contributed by atoms with E-state index in [2.05, 4.69) is 5.32 Å². The van der Waals surface area contributed by atoms with E-state index in [1.54, 1.807) is 0 Å². The monoisotopic (exact) mass is 330 g/mol. The molecule has 1 aliphatic rings. The first-order valence-corrected chi connectivity index (χ1v) is 7.55. The Bertz CT molecular complexity index is 787. The molecular weight excluding hydrogens is 314 g/mol. The van der Waals surface area contributed by atoms with Gasteiger partial charge in [-0.3, -0.25) is 9.59 Å². The zero-order valence-corrected chi connectivity index (χ0v) is 13.1. The zero-order chi connectivity index (χ0) is 17.3. The van der Waals surface area contributed by atoms with Crippen molar-refractivity contribution in [2.24, 2.45) is 0 Å². The summed E-state index contributed by atoms with van der Waals surface area (Å²) in [6.45, 7) is 0.214. The molecule has 1 atom stereocenters. The second-order valence-electron chi connectivity index (χ2n) is 5.69. The molecule has 0 aromatic heterocycles. The molecular formula is C18H16F2N2O2. The van der Waals surface area contributed by atoms with Crippen molar-refractivity contribution < 1.29 is 18.4 Å². The molecule has 0 saturated heterocycles. The van der Waals surface area contributed by atoms with E-state index in [4.69, 9.17) is 0 Å². The molecule has 4 nitrogen and oxygen atoms in total. The van der Waals surface area contributed by atoms with Crippen LogP contribution in [0.5, 0.6) is 0 Å². The summed E-state index contributed by atoms with van der Waals surface area (Å²) in [7, 11) is 1.49. The SMILES string of the molecule is CNC(=O)[C@@H]1Cc2ccccc2CN1C(=O)c1cc(F)cc(F)c1. The van der Waals surface area contributed by atoms with E-state index >= 15 is 0 Å². The molecule has 0 radical (unpaired) electrons. The molecule has 0 bridgehead atoms. The van der Waals surface area contributed by atoms with Crippen molar-refractivity contribution >= 4 is 11.8 Å². The Labute approximate surface area is 138 Å². The Morgan fingerprint density at radius 3 is 2.33 bits per heavy atom. The molecule has 1 aliphatic heterocycles. The summed E-state index contributed by atoms with van der Waals surface area (Å²) in [6.07, 6.45) is 0.361. The number of amides is 2. The van der Waals surface area contributed by atoms with Gasteiger partial charge < -0.3 is 10.2 Å². The minimum absolute atomic E-state index is 0.110. The number of hydrogen-bond acceptors (Lipinski definition) is 2. The van der Waals surface area contributed by atoms with Crippen LogP contribution in [-0.4, -0.2) is 29.8 Å². The number of hydrogen-bond donors (Lipinski definition) is 1. The van der Waals surface area contributed by atoms with Gasteiger partial charge in [-0.1, -0.05) is 24.3 Å². The molecule has 24 heavy (non-hydrogen) atoms. The number of fused-ring (bicyclic) bond motifs is 1. The maximum absolute atomic E-state index is 13.4. The molecule has 0 aliphatic carbocycles. The van der Waals surface area contributed by atoms with Crippen LogP contribution in [0.2, 0.25) is 0 Å². The van der Waals surface area contributed by atoms with Gasteiger partial charge in [-0.25, -0.2) is 8.78 Å². The molecule has 0 fully saturated rings. The number of rotatable bonds is 2. The van der Waals surface area contributed by atoms with Gasteiger partial charge in [0.1, 0.15) is 17.7 Å². The van der Waals surface area contributed by atoms with Crippen LogP contribution in [0.15, 0.2) is 42.5 Å². The highest BCUT2D eigenvalue weighted by molar-refractivity contribution is 5.98. The standard InChI is InChI=1S/C18H16F2N2O2/c1-21-17(23)16-8-11-4-2-3-5-12(11)10-22(16)18(24)13-6-14(19)9-15(20)7-13/h2-7,9,16H,8,10H2,1H3,(H,21,23)/t16-/m0/s1. The van der Waals surface area contributed by atoms with E-state index in [1.165, 1.54) is 11.9 Å². The summed E-state index contributed by atoms with van der Waals surface area (Å²) in [5.41, 5.74) is 1.80. The summed E-state index contributed by atoms with van der Waals surface area (Å²) in [5, 5.41) is 2.54. The lowest BCUT2D eigenvalue weighted by Crippen LogP contribution is -2.52. The van der Waals surface area contributed by atoms with Gasteiger partial charge in [0.25, 0.3) is 5.91 Å². The van der Waals surface area contributed by atoms with Crippen molar-refractivity contribution in [2.45, 2.75) is 19.0 Å². The number of nitrogens with one attached hydrogen (secondary N) is 1. The summed E-state index contributed by atoms with van der Waals surface area (Å²) in [4.78, 5) is 26.3. The number of carbonyl (C=O) groups excluding carboxylic acids is 2. The Balaban J connectivity index is 1.99. The molecule has 2 amide bonds. The number of nitrogens with zero attached hydrogens (tertiary/aromatic N) is 1. The number of carbonyl (C=O) groups is 2. The van der Waals surface area contributed by atoms with Gasteiger partial charge in [0, 0.05) is 31.6 Å². The van der Waals surface area contributed by atoms with Crippen LogP contribution in [0.4, 0.5) is 8.78 Å². The average molecular weight is 330 g/mol. The summed E-state index contributed by atoms with van der Waals surface area (Å²) in [6, 6.07) is 9.46. The molecule has 1 heterocycles. The lowest BCUT2D eigenvalue weighted by atomic mass is 9.93. The highest BCUT2D eigenvalue weighted by Gasteiger charge is 2.34. The van der Waals surface area contributed by atoms with Crippen molar-refractivity contribution in [3.8, 4) is 0 Å². The second kappa shape index (κ2) is 6.39. The van der Waals surface area contributed by atoms with E-state index in [0.717, 1.165) is 23.3 Å². The van der Waals surface area contributed by atoms with E-state index in [-0.39, 0.29) is 18.0 Å². The molecule has 124 valence electrons. The summed E-state index contributed by atoms with van der Waals surface area (Å²) >= 11 is 0. The van der Waals surface area contributed by atoms with Crippen molar-refractivity contribution in [3.05, 3.63) is 70.8 Å². The third kappa shape index (κ3) is 2.99. The first-order valence-electron chi connectivity index (χ1n) is 7.55. The van der Waals surface area contributed by atoms with Crippen molar-refractivity contribution in [1.29, 1.82) is 0 Å². The van der Waals surface area contributed by atoms with E-state index in [9.17, 15) is 18.4 Å². The Morgan fingerprint density at radius 1 is 1.08 bits per heavy atom. The minimum Gasteiger partial charge on any atom is -0.357 e. The Morgan fingerprint density at radius 2 is 1.71 bits per heavy atom. The molecule has 0 saturated carbocycles. The van der Waals surface area contributed by atoms with Crippen LogP contribution in [0.25, 0.3) is 0 Å². The van der Waals surface area contributed by atoms with E-state index in [1.807, 2.05) is 24.3 Å². The van der Waals surface area contributed by atoms with Crippen molar-refractivity contribution in [2.75, 3.05) is 7.05 Å². The molecule has 1 N–H and O–H groups in total. The van der Waals surface area contributed by atoms with Crippen LogP contribution in [0.3, 0.4) is 0 Å². The van der Waals surface area contributed by atoms with Gasteiger partial charge in [0.05, 0.1) is 0 Å². The highest BCUT2D eigenvalue weighted by Crippen LogP contribution is 2.25. The fraction of sp³-hybridized carbons (Fsp3) is 0.222. The van der Waals surface area contributed by atoms with Crippen LogP contribution in [0, 0.1) is 11.6 Å². The normalized spacial score (nSPS) is 16.5. The number of likely N-dealkylation sites (N-methyl/N-ethyl adjacent to an activating group) is 1. The smallest absolute Gasteiger partial charge is 0.255 e. The first kappa shape index (κ1) is 16.1. The predicted molar refractivity (Wildman–Crippen MR) is 84.2 cm³/mol. The Kier molecular flexibility index (Phi) is 4.29. The fourth-order valence-electron chi connectivity index (χ4n) is 2.98. The third-order valence-electron chi connectivity index (χ3n) is 4.17. The lowest BCUT2D eigenvalue weighted by Gasteiger charge is -2.35. The predicted octanol–water partition coefficient (Wildman–Crippen LogP) is 2.28. The second-order valence-corrected chi connectivity index (χ2v) is 5.69. The maximum Gasteiger partial charge on any atom is 0.255 e. The van der Waals surface area contributed by atoms with Gasteiger partial charge >= 0.3 is 0 Å². The number of benzene rings is 2. The van der Waals surface area contributed by atoms with Gasteiger partial charge in [-0.2, -0.15) is 0 Å². The molecule has 3 rings (SSSR count). The molecule has 0 spiro atoms. The van der Waals surface area contributed by atoms with Crippen LogP contribution < -0.4 is 5.32 Å². The summed E-state index contributed by atoms with van der Waals surface area (Å²) < 4.78 is 26.9. The largest absolute Gasteiger partial charge is 0.357 e. The first-order chi connectivity index (χ1) is 11.5. The molecule has 0 unspecified atom stereocenters. The minimum atomic E-state index is -0.827. The van der Waals surface area contributed by atoms with Gasteiger partial charge in [0.2, 0.25) is 5.91 Å². The average Bonchev–Trinajstić information content (AvgIpc) is 2.58. The van der Waals surface area contributed by atoms with Crippen LogP contribution >= 0.6 is 0 Å². The van der Waals surface area contributed by atoms with Gasteiger partial charge in [-0.15, -0.1) is 0 Å². The zero-order valence-electron chi connectivity index (χ0n) is 13.1. The maximum atomic E-state index is 13.4. The van der Waals surface area contributed by atoms with Crippen molar-refractivity contribution in [3.63, 3.8) is 0 Å². The van der Waals surface area contributed by atoms with Gasteiger partial charge in [0.15, 0.2) is 0 Å². The Hall–Kier alpha value is -2.76. The van der Waals surface area contributed by atoms with Crippen molar-refractivity contribution in [1.82, 2.24) is 10.2 Å². The topological polar surface area (TPSA) is 49.4 Å². The van der Waals surface area contributed by atoms with E-state index < -0.39 is 23.6 Å². The van der Waals surface area contributed by atoms with Crippen LogP contribution in [-0.2, 0) is 17.8 Å². The molecule has 2 aromatic carbocycles. The third-order valence-corrected chi connectivity index (χ3v) is 4.17. The lowest BCUT2D eigenvalue weighted by molar-refractivity contribution is -0.125. The summed E-state index contributed by atoms with van der Waals surface area (Å²) in [5.74, 6) is -2.54.